The van der Waals surface area contributed by atoms with Gasteiger partial charge < -0.3 is 0 Å². The smallest absolute Gasteiger partial charge is 0.00724 e. The molecule has 0 saturated heterocycles. The first-order valence-corrected chi connectivity index (χ1v) is 17.5. The van der Waals surface area contributed by atoms with Gasteiger partial charge >= 0.3 is 0 Å². The van der Waals surface area contributed by atoms with Crippen LogP contribution in [0.5, 0.6) is 0 Å². The van der Waals surface area contributed by atoms with Crippen molar-refractivity contribution in [3.05, 3.63) is 172 Å². The van der Waals surface area contributed by atoms with Crippen molar-refractivity contribution in [2.45, 2.75) is 110 Å². The summed E-state index contributed by atoms with van der Waals surface area (Å²) in [7, 11) is 0. The van der Waals surface area contributed by atoms with E-state index in [2.05, 4.69) is 172 Å². The Morgan fingerprint density at radius 1 is 0.604 bits per heavy atom. The zero-order chi connectivity index (χ0) is 35.8. The van der Waals surface area contributed by atoms with E-state index < -0.39 is 0 Å². The molecule has 0 atom stereocenters. The quantitative estimate of drug-likeness (QED) is 0.132. The molecule has 0 heteroatoms. The molecule has 260 valence electrons. The van der Waals surface area contributed by atoms with Gasteiger partial charge in [-0.1, -0.05) is 182 Å². The molecular formula is C48H68. The second-order valence-corrected chi connectivity index (χ2v) is 11.5. The van der Waals surface area contributed by atoms with Gasteiger partial charge in [-0.3, -0.25) is 0 Å². The van der Waals surface area contributed by atoms with Gasteiger partial charge in [-0.2, -0.15) is 0 Å². The average Bonchev–Trinajstić information content (AvgIpc) is 3.09. The standard InChI is InChI=1S/C19H24.C14H14.C10H14.2C2H6.CH4/c1-7-15(4)17(6)13-18(12-14(2)3)19-11-9-8-10-16(19)5;1-11(2)9-12-7-8-13-5-3-4-6-14(13)10-12;1-3-9-6-5-7-10(4-2)8-9;2*1-2;/h7-13H,1H2,2-6H3;3-8,10H,1,9H2,2H3;5-8H,3-4H2,1-2H3;2*1-2H3;1H4/b17-15+,18-13+;;;;;. The van der Waals surface area contributed by atoms with Gasteiger partial charge in [-0.15, -0.1) is 0 Å². The Hall–Kier alpha value is -4.16. The van der Waals surface area contributed by atoms with Crippen molar-refractivity contribution < 1.29 is 0 Å². The summed E-state index contributed by atoms with van der Waals surface area (Å²) < 4.78 is 0. The first-order chi connectivity index (χ1) is 22.6. The van der Waals surface area contributed by atoms with Crippen molar-refractivity contribution in [3.63, 3.8) is 0 Å². The number of allylic oxidation sites excluding steroid dienone is 8. The lowest BCUT2D eigenvalue weighted by Crippen LogP contribution is -1.88. The zero-order valence-corrected chi connectivity index (χ0v) is 31.9. The lowest BCUT2D eigenvalue weighted by atomic mass is 9.96. The Morgan fingerprint density at radius 3 is 1.65 bits per heavy atom. The van der Waals surface area contributed by atoms with Crippen molar-refractivity contribution in [2.75, 3.05) is 0 Å². The summed E-state index contributed by atoms with van der Waals surface area (Å²) in [4.78, 5) is 0. The number of fused-ring (bicyclic) bond motifs is 1. The fourth-order valence-corrected chi connectivity index (χ4v) is 4.68. The van der Waals surface area contributed by atoms with Gasteiger partial charge in [0, 0.05) is 0 Å². The van der Waals surface area contributed by atoms with Gasteiger partial charge in [0.1, 0.15) is 0 Å². The summed E-state index contributed by atoms with van der Waals surface area (Å²) >= 11 is 0. The molecule has 0 bridgehead atoms. The molecule has 0 heterocycles. The largest absolute Gasteiger partial charge is 0.0998 e. The van der Waals surface area contributed by atoms with Crippen LogP contribution in [0.1, 0.15) is 111 Å². The van der Waals surface area contributed by atoms with Crippen LogP contribution >= 0.6 is 0 Å². The summed E-state index contributed by atoms with van der Waals surface area (Å²) in [5, 5.41) is 2.62. The number of hydrogen-bond donors (Lipinski definition) is 0. The second-order valence-electron chi connectivity index (χ2n) is 11.5. The molecule has 0 amide bonds. The summed E-state index contributed by atoms with van der Waals surface area (Å²) in [6.07, 6.45) is 9.66. The van der Waals surface area contributed by atoms with E-state index in [4.69, 9.17) is 0 Å². The third-order valence-corrected chi connectivity index (χ3v) is 7.33. The normalized spacial score (nSPS) is 10.4. The maximum Gasteiger partial charge on any atom is -0.00724 e. The highest BCUT2D eigenvalue weighted by Gasteiger charge is 2.03. The molecule has 0 unspecified atom stereocenters. The highest BCUT2D eigenvalue weighted by Crippen LogP contribution is 2.24. The second kappa shape index (κ2) is 26.9. The zero-order valence-electron chi connectivity index (χ0n) is 31.9. The van der Waals surface area contributed by atoms with Gasteiger partial charge in [0.25, 0.3) is 0 Å². The van der Waals surface area contributed by atoms with E-state index in [1.807, 2.05) is 33.8 Å². The van der Waals surface area contributed by atoms with Crippen LogP contribution in [-0.4, -0.2) is 0 Å². The van der Waals surface area contributed by atoms with Gasteiger partial charge in [-0.05, 0) is 116 Å². The number of hydrogen-bond acceptors (Lipinski definition) is 0. The lowest BCUT2D eigenvalue weighted by molar-refractivity contribution is 1.09. The topological polar surface area (TPSA) is 0 Å². The van der Waals surface area contributed by atoms with Gasteiger partial charge in [0.05, 0.1) is 0 Å². The molecule has 4 aromatic carbocycles. The van der Waals surface area contributed by atoms with Crippen LogP contribution in [-0.2, 0) is 19.3 Å². The molecule has 0 radical (unpaired) electrons. The van der Waals surface area contributed by atoms with Crippen molar-refractivity contribution in [1.29, 1.82) is 0 Å². The van der Waals surface area contributed by atoms with Crippen molar-refractivity contribution >= 4 is 16.3 Å². The first kappa shape index (κ1) is 46.0. The molecule has 0 saturated carbocycles. The fourth-order valence-electron chi connectivity index (χ4n) is 4.68. The minimum Gasteiger partial charge on any atom is -0.0998 e. The molecule has 4 rings (SSSR count). The van der Waals surface area contributed by atoms with Crippen molar-refractivity contribution in [1.82, 2.24) is 0 Å². The molecule has 4 aromatic rings. The Kier molecular flexibility index (Phi) is 25.7. The van der Waals surface area contributed by atoms with Gasteiger partial charge in [0.2, 0.25) is 0 Å². The van der Waals surface area contributed by atoms with Crippen LogP contribution in [0.15, 0.2) is 145 Å². The maximum absolute atomic E-state index is 3.93. The molecule has 0 fully saturated rings. The van der Waals surface area contributed by atoms with E-state index in [1.54, 1.807) is 0 Å². The summed E-state index contributed by atoms with van der Waals surface area (Å²) in [5.41, 5.74) is 13.1. The predicted molar refractivity (Wildman–Crippen MR) is 224 cm³/mol. The fraction of sp³-hybridized carbons (Fsp3) is 0.333. The number of aryl methyl sites for hydroxylation is 3. The van der Waals surface area contributed by atoms with Crippen LogP contribution in [0.4, 0.5) is 0 Å². The van der Waals surface area contributed by atoms with Crippen molar-refractivity contribution in [3.8, 4) is 0 Å². The molecule has 0 aliphatic heterocycles. The molecule has 0 aromatic heterocycles. The maximum atomic E-state index is 3.93. The summed E-state index contributed by atoms with van der Waals surface area (Å²) in [5.74, 6) is 0. The van der Waals surface area contributed by atoms with E-state index in [0.29, 0.717) is 0 Å². The van der Waals surface area contributed by atoms with Crippen molar-refractivity contribution in [2.24, 2.45) is 0 Å². The minimum absolute atomic E-state index is 0. The van der Waals surface area contributed by atoms with Crippen LogP contribution < -0.4 is 0 Å². The Bertz CT molecular complexity index is 1560. The number of benzene rings is 4. The van der Waals surface area contributed by atoms with Gasteiger partial charge in [0.15, 0.2) is 0 Å². The molecular weight excluding hydrogens is 577 g/mol. The molecule has 0 nitrogen and oxygen atoms in total. The minimum atomic E-state index is 0. The molecule has 0 aliphatic rings. The van der Waals surface area contributed by atoms with E-state index in [0.717, 1.165) is 19.3 Å². The molecule has 48 heavy (non-hydrogen) atoms. The van der Waals surface area contributed by atoms with Crippen LogP contribution in [0, 0.1) is 6.92 Å². The summed E-state index contributed by atoms with van der Waals surface area (Å²) in [6, 6.07) is 32.3. The summed E-state index contributed by atoms with van der Waals surface area (Å²) in [6.45, 7) is 32.9. The lowest BCUT2D eigenvalue weighted by Gasteiger charge is -2.09. The van der Waals surface area contributed by atoms with Crippen LogP contribution in [0.3, 0.4) is 0 Å². The monoisotopic (exact) mass is 645 g/mol. The van der Waals surface area contributed by atoms with Crippen LogP contribution in [0.25, 0.3) is 16.3 Å². The van der Waals surface area contributed by atoms with E-state index in [1.165, 1.54) is 66.5 Å². The third-order valence-electron chi connectivity index (χ3n) is 7.33. The van der Waals surface area contributed by atoms with E-state index >= 15 is 0 Å². The average molecular weight is 645 g/mol. The Balaban J connectivity index is 0. The van der Waals surface area contributed by atoms with Crippen LogP contribution in [0.2, 0.25) is 0 Å². The predicted octanol–water partition coefficient (Wildman–Crippen LogP) is 15.3. The first-order valence-electron chi connectivity index (χ1n) is 17.5. The van der Waals surface area contributed by atoms with E-state index in [-0.39, 0.29) is 7.43 Å². The SMILES string of the molecule is C.C=C(C)Cc1ccc2ccccc2c1.C=C/C(C)=C(C)/C=C(\C=C(C)C)c1ccccc1C.CC.CC.CCc1cccc(CC)c1. The highest BCUT2D eigenvalue weighted by molar-refractivity contribution is 5.83. The molecule has 0 N–H and O–H groups in total. The molecule has 0 spiro atoms. The Labute approximate surface area is 297 Å². The third kappa shape index (κ3) is 17.7. The number of rotatable bonds is 8. The van der Waals surface area contributed by atoms with E-state index in [9.17, 15) is 0 Å². The highest BCUT2D eigenvalue weighted by atomic mass is 14.1. The molecule has 0 aliphatic carbocycles. The Morgan fingerprint density at radius 2 is 1.15 bits per heavy atom. The van der Waals surface area contributed by atoms with Gasteiger partial charge in [-0.25, -0.2) is 0 Å².